The van der Waals surface area contributed by atoms with Crippen molar-refractivity contribution in [2.45, 2.75) is 0 Å². The first kappa shape index (κ1) is 14.6. The standard InChI is InChI=1S/C15H13N5O3/c1-19-12-11(14(22)20(2)15(19)23)7-10(8-17-12)18-13(21)9-3-5-16-6-4-9/h3-8H,1-2H3,(H,18,21). The van der Waals surface area contributed by atoms with Crippen LogP contribution in [0.15, 0.2) is 46.4 Å². The number of carbonyl (C=O) groups is 1. The molecule has 3 heterocycles. The van der Waals surface area contributed by atoms with Crippen molar-refractivity contribution in [3.05, 3.63) is 63.2 Å². The number of nitrogens with one attached hydrogen (secondary N) is 1. The molecule has 0 radical (unpaired) electrons. The first-order valence-corrected chi connectivity index (χ1v) is 6.76. The highest BCUT2D eigenvalue weighted by molar-refractivity contribution is 6.04. The zero-order valence-electron chi connectivity index (χ0n) is 12.5. The van der Waals surface area contributed by atoms with E-state index in [1.54, 1.807) is 12.1 Å². The molecule has 0 aliphatic heterocycles. The van der Waals surface area contributed by atoms with Crippen LogP contribution in [0.4, 0.5) is 5.69 Å². The maximum atomic E-state index is 12.2. The smallest absolute Gasteiger partial charge is 0.321 e. The molecule has 3 aromatic heterocycles. The van der Waals surface area contributed by atoms with E-state index in [1.165, 1.54) is 43.3 Å². The summed E-state index contributed by atoms with van der Waals surface area (Å²) in [5, 5.41) is 2.92. The van der Waals surface area contributed by atoms with Gasteiger partial charge in [0.05, 0.1) is 17.3 Å². The molecular weight excluding hydrogens is 298 g/mol. The average molecular weight is 311 g/mol. The number of aromatic nitrogens is 4. The monoisotopic (exact) mass is 311 g/mol. The van der Waals surface area contributed by atoms with E-state index in [1.807, 2.05) is 0 Å². The number of fused-ring (bicyclic) bond motifs is 1. The summed E-state index contributed by atoms with van der Waals surface area (Å²) in [5.41, 5.74) is 0.155. The van der Waals surface area contributed by atoms with Gasteiger partial charge in [0.15, 0.2) is 0 Å². The Bertz CT molecular complexity index is 1020. The number of pyridine rings is 2. The van der Waals surface area contributed by atoms with Crippen LogP contribution in [0.5, 0.6) is 0 Å². The third kappa shape index (κ3) is 2.50. The molecular formula is C15H13N5O3. The Labute approximate surface area is 130 Å². The third-order valence-electron chi connectivity index (χ3n) is 3.49. The van der Waals surface area contributed by atoms with Crippen LogP contribution >= 0.6 is 0 Å². The van der Waals surface area contributed by atoms with Crippen molar-refractivity contribution in [3.8, 4) is 0 Å². The summed E-state index contributed by atoms with van der Waals surface area (Å²) in [5.74, 6) is -0.338. The molecule has 0 saturated carbocycles. The molecule has 8 heteroatoms. The first-order valence-electron chi connectivity index (χ1n) is 6.76. The van der Waals surface area contributed by atoms with Crippen LogP contribution in [-0.2, 0) is 14.1 Å². The highest BCUT2D eigenvalue weighted by atomic mass is 16.2. The maximum absolute atomic E-state index is 12.2. The van der Waals surface area contributed by atoms with E-state index in [4.69, 9.17) is 0 Å². The van der Waals surface area contributed by atoms with Crippen molar-refractivity contribution in [3.63, 3.8) is 0 Å². The largest absolute Gasteiger partial charge is 0.332 e. The quantitative estimate of drug-likeness (QED) is 0.733. The fourth-order valence-electron chi connectivity index (χ4n) is 2.24. The molecule has 0 saturated heterocycles. The lowest BCUT2D eigenvalue weighted by Gasteiger charge is -2.09. The van der Waals surface area contributed by atoms with Gasteiger partial charge in [-0.2, -0.15) is 0 Å². The Morgan fingerprint density at radius 2 is 1.83 bits per heavy atom. The van der Waals surface area contributed by atoms with Gasteiger partial charge in [-0.1, -0.05) is 0 Å². The van der Waals surface area contributed by atoms with E-state index < -0.39 is 11.2 Å². The van der Waals surface area contributed by atoms with Gasteiger partial charge in [-0.15, -0.1) is 0 Å². The normalized spacial score (nSPS) is 10.7. The van der Waals surface area contributed by atoms with Gasteiger partial charge in [-0.25, -0.2) is 9.78 Å². The van der Waals surface area contributed by atoms with Gasteiger partial charge >= 0.3 is 5.69 Å². The number of nitrogens with zero attached hydrogens (tertiary/aromatic N) is 4. The summed E-state index contributed by atoms with van der Waals surface area (Å²) in [7, 11) is 2.93. The molecule has 1 amide bonds. The minimum absolute atomic E-state index is 0.252. The lowest BCUT2D eigenvalue weighted by atomic mass is 10.2. The fourth-order valence-corrected chi connectivity index (χ4v) is 2.24. The molecule has 116 valence electrons. The predicted molar refractivity (Wildman–Crippen MR) is 84.4 cm³/mol. The topological polar surface area (TPSA) is 98.9 Å². The minimum Gasteiger partial charge on any atom is -0.321 e. The molecule has 8 nitrogen and oxygen atoms in total. The van der Waals surface area contributed by atoms with E-state index in [0.29, 0.717) is 11.3 Å². The lowest BCUT2D eigenvalue weighted by Crippen LogP contribution is -2.37. The van der Waals surface area contributed by atoms with E-state index in [-0.39, 0.29) is 16.9 Å². The van der Waals surface area contributed by atoms with Crippen molar-refractivity contribution >= 4 is 22.6 Å². The molecule has 1 N–H and O–H groups in total. The highest BCUT2D eigenvalue weighted by Gasteiger charge is 2.12. The number of aryl methyl sites for hydroxylation is 1. The number of hydrogen-bond donors (Lipinski definition) is 1. The summed E-state index contributed by atoms with van der Waals surface area (Å²) < 4.78 is 2.28. The molecule has 23 heavy (non-hydrogen) atoms. The Kier molecular flexibility index (Phi) is 3.49. The second-order valence-corrected chi connectivity index (χ2v) is 4.99. The summed E-state index contributed by atoms with van der Waals surface area (Å²) in [6, 6.07) is 4.66. The Hall–Kier alpha value is -3.29. The summed E-state index contributed by atoms with van der Waals surface area (Å²) in [6.45, 7) is 0. The van der Waals surface area contributed by atoms with Crippen molar-refractivity contribution in [1.82, 2.24) is 19.1 Å². The van der Waals surface area contributed by atoms with Crippen molar-refractivity contribution in [2.75, 3.05) is 5.32 Å². The van der Waals surface area contributed by atoms with E-state index in [2.05, 4.69) is 15.3 Å². The molecule has 0 fully saturated rings. The number of hydrogen-bond acceptors (Lipinski definition) is 5. The SMILES string of the molecule is Cn1c(=O)c2cc(NC(=O)c3ccncc3)cnc2n(C)c1=O. The second-order valence-electron chi connectivity index (χ2n) is 4.99. The van der Waals surface area contributed by atoms with Crippen LogP contribution in [0.25, 0.3) is 11.0 Å². The van der Waals surface area contributed by atoms with Crippen molar-refractivity contribution in [1.29, 1.82) is 0 Å². The van der Waals surface area contributed by atoms with Crippen LogP contribution < -0.4 is 16.6 Å². The summed E-state index contributed by atoms with van der Waals surface area (Å²) in [6.07, 6.45) is 4.43. The number of anilines is 1. The lowest BCUT2D eigenvalue weighted by molar-refractivity contribution is 0.102. The third-order valence-corrected chi connectivity index (χ3v) is 3.49. The van der Waals surface area contributed by atoms with Gasteiger partial charge in [-0.05, 0) is 18.2 Å². The zero-order chi connectivity index (χ0) is 16.6. The van der Waals surface area contributed by atoms with Gasteiger partial charge in [0, 0.05) is 32.1 Å². The van der Waals surface area contributed by atoms with E-state index in [0.717, 1.165) is 4.57 Å². The van der Waals surface area contributed by atoms with E-state index in [9.17, 15) is 14.4 Å². The average Bonchev–Trinajstić information content (AvgIpc) is 2.58. The molecule has 3 rings (SSSR count). The molecule has 0 aliphatic carbocycles. The number of carbonyl (C=O) groups excluding carboxylic acids is 1. The van der Waals surface area contributed by atoms with Gasteiger partial charge in [0.2, 0.25) is 0 Å². The Balaban J connectivity index is 2.06. The van der Waals surface area contributed by atoms with Crippen LogP contribution in [0.1, 0.15) is 10.4 Å². The van der Waals surface area contributed by atoms with Crippen LogP contribution in [0.3, 0.4) is 0 Å². The molecule has 0 aliphatic rings. The van der Waals surface area contributed by atoms with Gasteiger partial charge in [0.25, 0.3) is 11.5 Å². The van der Waals surface area contributed by atoms with Crippen LogP contribution in [0.2, 0.25) is 0 Å². The molecule has 0 atom stereocenters. The first-order chi connectivity index (χ1) is 11.0. The Morgan fingerprint density at radius 1 is 1.13 bits per heavy atom. The van der Waals surface area contributed by atoms with Crippen LogP contribution in [-0.4, -0.2) is 25.0 Å². The molecule has 0 aromatic carbocycles. The highest BCUT2D eigenvalue weighted by Crippen LogP contribution is 2.13. The van der Waals surface area contributed by atoms with Crippen molar-refractivity contribution < 1.29 is 4.79 Å². The van der Waals surface area contributed by atoms with Gasteiger partial charge < -0.3 is 5.32 Å². The summed E-state index contributed by atoms with van der Waals surface area (Å²) in [4.78, 5) is 44.1. The van der Waals surface area contributed by atoms with E-state index >= 15 is 0 Å². The predicted octanol–water partition coefficient (Wildman–Crippen LogP) is 0.279. The number of rotatable bonds is 2. The van der Waals surface area contributed by atoms with Crippen molar-refractivity contribution in [2.24, 2.45) is 14.1 Å². The second kappa shape index (κ2) is 5.48. The molecule has 3 aromatic rings. The molecule has 0 unspecified atom stereocenters. The fraction of sp³-hybridized carbons (Fsp3) is 0.133. The van der Waals surface area contributed by atoms with Gasteiger partial charge in [0.1, 0.15) is 5.65 Å². The van der Waals surface area contributed by atoms with Gasteiger partial charge in [-0.3, -0.25) is 23.7 Å². The number of amides is 1. The minimum atomic E-state index is -0.462. The maximum Gasteiger partial charge on any atom is 0.332 e. The van der Waals surface area contributed by atoms with Crippen LogP contribution in [0, 0.1) is 0 Å². The molecule has 0 bridgehead atoms. The molecule has 0 spiro atoms. The summed E-state index contributed by atoms with van der Waals surface area (Å²) >= 11 is 0. The Morgan fingerprint density at radius 3 is 2.52 bits per heavy atom. The zero-order valence-corrected chi connectivity index (χ0v) is 12.5.